The van der Waals surface area contributed by atoms with Crippen LogP contribution in [0.15, 0.2) is 0 Å². The number of rotatable bonds is 6. The third-order valence-corrected chi connectivity index (χ3v) is 3.37. The van der Waals surface area contributed by atoms with Gasteiger partial charge in [-0.3, -0.25) is 0 Å². The molecule has 1 aliphatic rings. The molecule has 1 saturated carbocycles. The van der Waals surface area contributed by atoms with Crippen LogP contribution >= 0.6 is 0 Å². The predicted octanol–water partition coefficient (Wildman–Crippen LogP) is 0.663. The van der Waals surface area contributed by atoms with Crippen molar-refractivity contribution in [3.05, 3.63) is 0 Å². The molecule has 0 spiro atoms. The van der Waals surface area contributed by atoms with E-state index in [-0.39, 0.29) is 12.6 Å². The average molecular weight is 267 g/mol. The summed E-state index contributed by atoms with van der Waals surface area (Å²) < 4.78 is 5.10. The summed E-state index contributed by atoms with van der Waals surface area (Å²) in [6.45, 7) is 0.611. The third-order valence-electron chi connectivity index (χ3n) is 3.37. The first kappa shape index (κ1) is 13.8. The van der Waals surface area contributed by atoms with E-state index in [1.807, 2.05) is 0 Å². The molecule has 0 bridgehead atoms. The largest absolute Gasteiger partial charge is 0.467 e. The minimum Gasteiger partial charge on any atom is -0.467 e. The van der Waals surface area contributed by atoms with Crippen LogP contribution in [0, 0.1) is 0 Å². The van der Waals surface area contributed by atoms with Crippen molar-refractivity contribution in [2.75, 3.05) is 37.5 Å². The highest BCUT2D eigenvalue weighted by Gasteiger charge is 2.25. The Bertz CT molecular complexity index is 387. The quantitative estimate of drug-likeness (QED) is 0.783. The van der Waals surface area contributed by atoms with Crippen LogP contribution < -0.4 is 15.0 Å². The molecule has 0 atom stereocenters. The van der Waals surface area contributed by atoms with Crippen molar-refractivity contribution in [2.45, 2.75) is 31.7 Å². The summed E-state index contributed by atoms with van der Waals surface area (Å²) in [7, 11) is 3.29. The molecule has 106 valence electrons. The van der Waals surface area contributed by atoms with Crippen molar-refractivity contribution >= 4 is 11.9 Å². The molecule has 2 N–H and O–H groups in total. The van der Waals surface area contributed by atoms with Gasteiger partial charge in [0.1, 0.15) is 0 Å². The van der Waals surface area contributed by atoms with Crippen LogP contribution in [-0.4, -0.2) is 53.4 Å². The Morgan fingerprint density at radius 3 is 2.63 bits per heavy atom. The van der Waals surface area contributed by atoms with Crippen LogP contribution in [0.2, 0.25) is 0 Å². The van der Waals surface area contributed by atoms with E-state index in [0.29, 0.717) is 24.5 Å². The summed E-state index contributed by atoms with van der Waals surface area (Å²) in [5.74, 6) is 1.04. The van der Waals surface area contributed by atoms with Crippen molar-refractivity contribution < 1.29 is 9.84 Å². The van der Waals surface area contributed by atoms with Crippen molar-refractivity contribution in [3.63, 3.8) is 0 Å². The minimum absolute atomic E-state index is 0.0827. The molecule has 19 heavy (non-hydrogen) atoms. The second-order valence-electron chi connectivity index (χ2n) is 4.55. The highest BCUT2D eigenvalue weighted by molar-refractivity contribution is 5.39. The minimum atomic E-state index is 0.0827. The topological polar surface area (TPSA) is 83.4 Å². The molecule has 2 rings (SSSR count). The monoisotopic (exact) mass is 267 g/mol. The van der Waals surface area contributed by atoms with E-state index in [4.69, 9.17) is 4.74 Å². The lowest BCUT2D eigenvalue weighted by atomic mass is 10.2. The van der Waals surface area contributed by atoms with E-state index < -0.39 is 0 Å². The molecular formula is C12H21N5O2. The number of aliphatic hydroxyl groups is 1. The van der Waals surface area contributed by atoms with Gasteiger partial charge in [0.05, 0.1) is 13.7 Å². The maximum atomic E-state index is 9.25. The zero-order valence-electron chi connectivity index (χ0n) is 11.5. The Hall–Kier alpha value is -1.63. The number of hydrogen-bond acceptors (Lipinski definition) is 7. The van der Waals surface area contributed by atoms with Crippen LogP contribution in [0.5, 0.6) is 6.01 Å². The van der Waals surface area contributed by atoms with Crippen molar-refractivity contribution in [2.24, 2.45) is 0 Å². The number of nitrogens with one attached hydrogen (secondary N) is 1. The van der Waals surface area contributed by atoms with E-state index >= 15 is 0 Å². The molecule has 0 aromatic carbocycles. The highest BCUT2D eigenvalue weighted by atomic mass is 16.5. The lowest BCUT2D eigenvalue weighted by molar-refractivity contribution is 0.295. The van der Waals surface area contributed by atoms with Gasteiger partial charge in [0.2, 0.25) is 11.9 Å². The SMILES string of the molecule is CNc1nc(OC)nc(N(CCO)C2CCCC2)n1. The Labute approximate surface area is 113 Å². The van der Waals surface area contributed by atoms with Gasteiger partial charge in [-0.15, -0.1) is 0 Å². The Balaban J connectivity index is 2.28. The number of hydrogen-bond donors (Lipinski definition) is 2. The standard InChI is InChI=1S/C12H21N5O2/c1-13-10-14-11(16-12(15-10)19-2)17(7-8-18)9-5-3-4-6-9/h9,18H,3-8H2,1-2H3,(H,13,14,15,16). The van der Waals surface area contributed by atoms with Gasteiger partial charge in [-0.2, -0.15) is 15.0 Å². The van der Waals surface area contributed by atoms with E-state index in [9.17, 15) is 5.11 Å². The number of aliphatic hydroxyl groups excluding tert-OH is 1. The van der Waals surface area contributed by atoms with Crippen LogP contribution in [0.4, 0.5) is 11.9 Å². The van der Waals surface area contributed by atoms with Gasteiger partial charge >= 0.3 is 6.01 Å². The molecule has 1 aromatic heterocycles. The zero-order chi connectivity index (χ0) is 13.7. The molecule has 7 nitrogen and oxygen atoms in total. The van der Waals surface area contributed by atoms with E-state index in [1.54, 1.807) is 7.05 Å². The van der Waals surface area contributed by atoms with Crippen LogP contribution in [0.3, 0.4) is 0 Å². The molecule has 0 radical (unpaired) electrons. The molecule has 0 unspecified atom stereocenters. The normalized spacial score (nSPS) is 15.5. The Morgan fingerprint density at radius 2 is 2.05 bits per heavy atom. The van der Waals surface area contributed by atoms with E-state index in [2.05, 4.69) is 25.2 Å². The number of methoxy groups -OCH3 is 1. The van der Waals surface area contributed by atoms with Gasteiger partial charge in [0.25, 0.3) is 0 Å². The summed E-state index contributed by atoms with van der Waals surface area (Å²) in [5, 5.41) is 12.1. The fourth-order valence-corrected chi connectivity index (χ4v) is 2.45. The fourth-order valence-electron chi connectivity index (χ4n) is 2.45. The highest BCUT2D eigenvalue weighted by Crippen LogP contribution is 2.27. The first-order valence-electron chi connectivity index (χ1n) is 6.63. The number of ether oxygens (including phenoxy) is 1. The molecule has 1 aromatic rings. The molecule has 0 amide bonds. The third kappa shape index (κ3) is 3.23. The van der Waals surface area contributed by atoms with Gasteiger partial charge in [-0.1, -0.05) is 12.8 Å². The Morgan fingerprint density at radius 1 is 1.32 bits per heavy atom. The average Bonchev–Trinajstić information content (AvgIpc) is 2.97. The number of aromatic nitrogens is 3. The molecule has 0 saturated heterocycles. The van der Waals surface area contributed by atoms with E-state index in [1.165, 1.54) is 20.0 Å². The van der Waals surface area contributed by atoms with Crippen LogP contribution in [0.25, 0.3) is 0 Å². The number of anilines is 2. The molecule has 1 heterocycles. The molecule has 1 aliphatic carbocycles. The molecular weight excluding hydrogens is 246 g/mol. The maximum absolute atomic E-state index is 9.25. The van der Waals surface area contributed by atoms with Crippen molar-refractivity contribution in [1.29, 1.82) is 0 Å². The summed E-state index contributed by atoms with van der Waals surface area (Å²) in [4.78, 5) is 14.8. The summed E-state index contributed by atoms with van der Waals surface area (Å²) >= 11 is 0. The van der Waals surface area contributed by atoms with Crippen molar-refractivity contribution in [1.82, 2.24) is 15.0 Å². The Kier molecular flexibility index (Phi) is 4.73. The second-order valence-corrected chi connectivity index (χ2v) is 4.55. The van der Waals surface area contributed by atoms with Crippen LogP contribution in [0.1, 0.15) is 25.7 Å². The summed E-state index contributed by atoms with van der Waals surface area (Å²) in [6, 6.07) is 0.680. The van der Waals surface area contributed by atoms with Gasteiger partial charge in [-0.05, 0) is 12.8 Å². The zero-order valence-corrected chi connectivity index (χ0v) is 11.5. The first-order chi connectivity index (χ1) is 9.28. The summed E-state index contributed by atoms with van der Waals surface area (Å²) in [5.41, 5.74) is 0. The summed E-state index contributed by atoms with van der Waals surface area (Å²) in [6.07, 6.45) is 4.66. The maximum Gasteiger partial charge on any atom is 0.322 e. The second kappa shape index (κ2) is 6.51. The lowest BCUT2D eigenvalue weighted by Crippen LogP contribution is -2.37. The molecule has 7 heteroatoms. The first-order valence-corrected chi connectivity index (χ1v) is 6.63. The van der Waals surface area contributed by atoms with Crippen LogP contribution in [-0.2, 0) is 0 Å². The van der Waals surface area contributed by atoms with Gasteiger partial charge in [0, 0.05) is 19.6 Å². The molecule has 0 aliphatic heterocycles. The lowest BCUT2D eigenvalue weighted by Gasteiger charge is -2.28. The van der Waals surface area contributed by atoms with E-state index in [0.717, 1.165) is 12.8 Å². The van der Waals surface area contributed by atoms with Gasteiger partial charge < -0.3 is 20.1 Å². The fraction of sp³-hybridized carbons (Fsp3) is 0.750. The number of nitrogens with zero attached hydrogens (tertiary/aromatic N) is 4. The smallest absolute Gasteiger partial charge is 0.322 e. The predicted molar refractivity (Wildman–Crippen MR) is 72.6 cm³/mol. The van der Waals surface area contributed by atoms with Crippen molar-refractivity contribution in [3.8, 4) is 6.01 Å². The van der Waals surface area contributed by atoms with Gasteiger partial charge in [0.15, 0.2) is 0 Å². The molecule has 1 fully saturated rings. The van der Waals surface area contributed by atoms with Gasteiger partial charge in [-0.25, -0.2) is 0 Å².